The lowest BCUT2D eigenvalue weighted by molar-refractivity contribution is 0.0512. The lowest BCUT2D eigenvalue weighted by atomic mass is 10.0. The van der Waals surface area contributed by atoms with Gasteiger partial charge in [0.25, 0.3) is 0 Å². The minimum absolute atomic E-state index is 0.264. The molecule has 1 aliphatic rings. The van der Waals surface area contributed by atoms with E-state index in [-0.39, 0.29) is 5.97 Å². The van der Waals surface area contributed by atoms with Crippen molar-refractivity contribution >= 4 is 28.2 Å². The minimum atomic E-state index is -0.264. The van der Waals surface area contributed by atoms with Crippen LogP contribution in [0.4, 0.5) is 0 Å². The Kier molecular flexibility index (Phi) is 4.02. The van der Waals surface area contributed by atoms with Gasteiger partial charge in [-0.25, -0.2) is 4.79 Å². The van der Waals surface area contributed by atoms with Crippen molar-refractivity contribution in [2.24, 2.45) is 0 Å². The number of hydrogen-bond acceptors (Lipinski definition) is 5. The Bertz CT molecular complexity index is 886. The highest BCUT2D eigenvalue weighted by Crippen LogP contribution is 2.40. The number of thiazole rings is 1. The number of aromatic nitrogens is 2. The van der Waals surface area contributed by atoms with Crippen LogP contribution in [0.2, 0.25) is 0 Å². The molecule has 122 valence electrons. The third kappa shape index (κ3) is 3.17. The van der Waals surface area contributed by atoms with Crippen molar-refractivity contribution in [3.05, 3.63) is 57.7 Å². The molecule has 2 heterocycles. The van der Waals surface area contributed by atoms with E-state index >= 15 is 0 Å². The molecule has 0 unspecified atom stereocenters. The van der Waals surface area contributed by atoms with Gasteiger partial charge in [0.05, 0.1) is 23.2 Å². The van der Waals surface area contributed by atoms with Crippen molar-refractivity contribution in [2.75, 3.05) is 6.61 Å². The van der Waals surface area contributed by atoms with Crippen LogP contribution in [0.3, 0.4) is 0 Å². The van der Waals surface area contributed by atoms with E-state index in [4.69, 9.17) is 9.72 Å². The number of benzene rings is 1. The number of fused-ring (bicyclic) bond motifs is 1. The van der Waals surface area contributed by atoms with E-state index in [1.807, 2.05) is 37.4 Å². The van der Waals surface area contributed by atoms with Gasteiger partial charge in [-0.1, -0.05) is 11.6 Å². The number of pyridine rings is 1. The Morgan fingerprint density at radius 1 is 1.33 bits per heavy atom. The fourth-order valence-electron chi connectivity index (χ4n) is 2.80. The molecule has 0 bridgehead atoms. The molecule has 3 aromatic rings. The van der Waals surface area contributed by atoms with Gasteiger partial charge >= 0.3 is 5.97 Å². The molecule has 4 rings (SSSR count). The maximum Gasteiger partial charge on any atom is 0.338 e. The maximum absolute atomic E-state index is 12.6. The highest BCUT2D eigenvalue weighted by molar-refractivity contribution is 7.09. The van der Waals surface area contributed by atoms with E-state index in [0.29, 0.717) is 24.5 Å². The number of hydrogen-bond donors (Lipinski definition) is 0. The monoisotopic (exact) mass is 338 g/mol. The molecule has 1 fully saturated rings. The van der Waals surface area contributed by atoms with Gasteiger partial charge in [0.15, 0.2) is 0 Å². The molecule has 1 aromatic carbocycles. The Labute approximate surface area is 144 Å². The number of rotatable bonds is 5. The average Bonchev–Trinajstić information content (AvgIpc) is 3.31. The number of ether oxygens (including phenoxy) is 1. The molecule has 0 spiro atoms. The summed E-state index contributed by atoms with van der Waals surface area (Å²) in [7, 11) is 0. The first-order valence-electron chi connectivity index (χ1n) is 8.16. The van der Waals surface area contributed by atoms with Crippen molar-refractivity contribution in [2.45, 2.75) is 32.1 Å². The Balaban J connectivity index is 1.60. The van der Waals surface area contributed by atoms with Crippen LogP contribution in [-0.4, -0.2) is 22.5 Å². The lowest BCUT2D eigenvalue weighted by Crippen LogP contribution is -2.10. The number of carbonyl (C=O) groups is 1. The fourth-order valence-corrected chi connectivity index (χ4v) is 3.38. The van der Waals surface area contributed by atoms with E-state index in [1.54, 1.807) is 16.8 Å². The molecule has 0 amide bonds. The second-order valence-corrected chi connectivity index (χ2v) is 7.21. The van der Waals surface area contributed by atoms with E-state index < -0.39 is 0 Å². The van der Waals surface area contributed by atoms with Crippen LogP contribution in [0.5, 0.6) is 0 Å². The first-order valence-corrected chi connectivity index (χ1v) is 9.04. The first-order chi connectivity index (χ1) is 11.7. The summed E-state index contributed by atoms with van der Waals surface area (Å²) in [6, 6.07) is 7.96. The van der Waals surface area contributed by atoms with Gasteiger partial charge in [-0.15, -0.1) is 11.3 Å². The normalized spacial score (nSPS) is 14.0. The summed E-state index contributed by atoms with van der Waals surface area (Å²) in [6.07, 6.45) is 4.83. The molecule has 0 N–H and O–H groups in total. The van der Waals surface area contributed by atoms with E-state index in [1.165, 1.54) is 0 Å². The van der Waals surface area contributed by atoms with Crippen molar-refractivity contribution in [1.29, 1.82) is 0 Å². The molecule has 0 saturated heterocycles. The van der Waals surface area contributed by atoms with E-state index in [2.05, 4.69) is 4.98 Å². The topological polar surface area (TPSA) is 52.1 Å². The molecule has 1 saturated carbocycles. The molecule has 4 nitrogen and oxygen atoms in total. The van der Waals surface area contributed by atoms with Crippen molar-refractivity contribution in [3.63, 3.8) is 0 Å². The maximum atomic E-state index is 12.6. The summed E-state index contributed by atoms with van der Waals surface area (Å²) >= 11 is 1.58. The standard InChI is InChI=1S/C19H18N2O2S/c1-12-2-5-17-15(8-12)16(9-18(21-17)13-3-4-13)19(22)23-7-6-14-10-20-11-24-14/h2,5,8-11,13H,3-4,6-7H2,1H3. The molecule has 1 aliphatic carbocycles. The van der Waals surface area contributed by atoms with Crippen LogP contribution in [-0.2, 0) is 11.2 Å². The smallest absolute Gasteiger partial charge is 0.338 e. The van der Waals surface area contributed by atoms with E-state index in [0.717, 1.165) is 39.9 Å². The molecular formula is C19H18N2O2S. The highest BCUT2D eigenvalue weighted by Gasteiger charge is 2.27. The predicted octanol–water partition coefficient (Wildman–Crippen LogP) is 4.28. The van der Waals surface area contributed by atoms with Crippen LogP contribution in [0, 0.1) is 6.92 Å². The van der Waals surface area contributed by atoms with Crippen LogP contribution < -0.4 is 0 Å². The number of aryl methyl sites for hydroxylation is 1. The average molecular weight is 338 g/mol. The Morgan fingerprint density at radius 2 is 2.21 bits per heavy atom. The Hall–Kier alpha value is -2.27. The molecule has 5 heteroatoms. The van der Waals surface area contributed by atoms with Gasteiger partial charge < -0.3 is 4.74 Å². The van der Waals surface area contributed by atoms with Crippen LogP contribution in [0.25, 0.3) is 10.9 Å². The molecule has 24 heavy (non-hydrogen) atoms. The zero-order valence-electron chi connectivity index (χ0n) is 13.5. The zero-order chi connectivity index (χ0) is 16.5. The number of carbonyl (C=O) groups excluding carboxylic acids is 1. The second kappa shape index (κ2) is 6.32. The van der Waals surface area contributed by atoms with Gasteiger partial charge in [0.1, 0.15) is 0 Å². The summed E-state index contributed by atoms with van der Waals surface area (Å²) in [5, 5.41) is 0.877. The fraction of sp³-hybridized carbons (Fsp3) is 0.316. The van der Waals surface area contributed by atoms with Gasteiger partial charge in [-0.2, -0.15) is 0 Å². The number of nitrogens with zero attached hydrogens (tertiary/aromatic N) is 2. The summed E-state index contributed by atoms with van der Waals surface area (Å²) in [4.78, 5) is 22.5. The molecule has 0 aliphatic heterocycles. The SMILES string of the molecule is Cc1ccc2nc(C3CC3)cc(C(=O)OCCc3cncs3)c2c1. The lowest BCUT2D eigenvalue weighted by Gasteiger charge is -2.10. The quantitative estimate of drug-likeness (QED) is 0.652. The van der Waals surface area contributed by atoms with Gasteiger partial charge in [-0.3, -0.25) is 9.97 Å². The van der Waals surface area contributed by atoms with Crippen molar-refractivity contribution in [3.8, 4) is 0 Å². The third-order valence-corrected chi connectivity index (χ3v) is 5.10. The van der Waals surface area contributed by atoms with Crippen LogP contribution in [0.1, 0.15) is 45.3 Å². The highest BCUT2D eigenvalue weighted by atomic mass is 32.1. The molecule has 0 radical (unpaired) electrons. The zero-order valence-corrected chi connectivity index (χ0v) is 14.3. The van der Waals surface area contributed by atoms with Gasteiger partial charge in [0, 0.05) is 34.5 Å². The van der Waals surface area contributed by atoms with Crippen molar-refractivity contribution < 1.29 is 9.53 Å². The summed E-state index contributed by atoms with van der Waals surface area (Å²) in [5.41, 5.74) is 5.43. The minimum Gasteiger partial charge on any atom is -0.462 e. The van der Waals surface area contributed by atoms with Gasteiger partial charge in [-0.05, 0) is 38.0 Å². The summed E-state index contributed by atoms with van der Waals surface area (Å²) in [5.74, 6) is 0.235. The summed E-state index contributed by atoms with van der Waals surface area (Å²) < 4.78 is 5.52. The largest absolute Gasteiger partial charge is 0.462 e. The molecule has 2 aromatic heterocycles. The van der Waals surface area contributed by atoms with E-state index in [9.17, 15) is 4.79 Å². The first kappa shape index (κ1) is 15.3. The molecule has 0 atom stereocenters. The Morgan fingerprint density at radius 3 is 2.96 bits per heavy atom. The number of esters is 1. The summed E-state index contributed by atoms with van der Waals surface area (Å²) in [6.45, 7) is 2.39. The predicted molar refractivity (Wildman–Crippen MR) is 94.6 cm³/mol. The second-order valence-electron chi connectivity index (χ2n) is 6.24. The molecular weight excluding hydrogens is 320 g/mol. The van der Waals surface area contributed by atoms with Crippen LogP contribution >= 0.6 is 11.3 Å². The van der Waals surface area contributed by atoms with Gasteiger partial charge in [0.2, 0.25) is 0 Å². The van der Waals surface area contributed by atoms with Crippen molar-refractivity contribution in [1.82, 2.24) is 9.97 Å². The third-order valence-electron chi connectivity index (χ3n) is 4.26. The van der Waals surface area contributed by atoms with Crippen LogP contribution in [0.15, 0.2) is 36.0 Å².